The van der Waals surface area contributed by atoms with Crippen molar-refractivity contribution in [3.8, 4) is 11.3 Å². The lowest BCUT2D eigenvalue weighted by Gasteiger charge is -2.23. The Hall–Kier alpha value is -3.32. The van der Waals surface area contributed by atoms with Crippen LogP contribution in [0.4, 0.5) is 5.95 Å². The summed E-state index contributed by atoms with van der Waals surface area (Å²) in [5.74, 6) is 1.57. The van der Waals surface area contributed by atoms with Gasteiger partial charge in [0.05, 0.1) is 5.69 Å². The Kier molecular flexibility index (Phi) is 5.11. The van der Waals surface area contributed by atoms with E-state index >= 15 is 0 Å². The molecule has 1 aliphatic rings. The average molecular weight is 400 g/mol. The van der Waals surface area contributed by atoms with E-state index in [4.69, 9.17) is 9.72 Å². The fraction of sp³-hybridized carbons (Fsp3) is 0.304. The van der Waals surface area contributed by atoms with E-state index < -0.39 is 0 Å². The molecule has 1 fully saturated rings. The summed E-state index contributed by atoms with van der Waals surface area (Å²) in [4.78, 5) is 9.09. The van der Waals surface area contributed by atoms with Gasteiger partial charge in [0, 0.05) is 43.6 Å². The Morgan fingerprint density at radius 3 is 2.73 bits per heavy atom. The van der Waals surface area contributed by atoms with Crippen molar-refractivity contribution in [3.63, 3.8) is 0 Å². The Labute approximate surface area is 175 Å². The fourth-order valence-electron chi connectivity index (χ4n) is 3.72. The molecule has 4 aromatic rings. The fourth-order valence-corrected chi connectivity index (χ4v) is 3.72. The van der Waals surface area contributed by atoms with Gasteiger partial charge in [0.15, 0.2) is 5.65 Å². The molecule has 5 rings (SSSR count). The van der Waals surface area contributed by atoms with E-state index in [0.717, 1.165) is 55.2 Å². The van der Waals surface area contributed by atoms with E-state index in [2.05, 4.69) is 57.8 Å². The molecule has 1 N–H and O–H groups in total. The van der Waals surface area contributed by atoms with Crippen LogP contribution in [0, 0.1) is 6.92 Å². The van der Waals surface area contributed by atoms with Gasteiger partial charge in [0.2, 0.25) is 5.95 Å². The molecule has 0 radical (unpaired) electrons. The summed E-state index contributed by atoms with van der Waals surface area (Å²) in [5.41, 5.74) is 5.15. The van der Waals surface area contributed by atoms with Crippen molar-refractivity contribution in [1.82, 2.24) is 24.6 Å². The first-order valence-corrected chi connectivity index (χ1v) is 10.3. The molecule has 152 valence electrons. The summed E-state index contributed by atoms with van der Waals surface area (Å²) in [6.07, 6.45) is 6.50. The van der Waals surface area contributed by atoms with Crippen molar-refractivity contribution in [3.05, 3.63) is 71.8 Å². The predicted octanol–water partition coefficient (Wildman–Crippen LogP) is 3.68. The number of pyridine rings is 1. The number of nitrogens with zero attached hydrogens (tertiary/aromatic N) is 5. The number of aromatic nitrogens is 5. The maximum absolute atomic E-state index is 5.42. The standard InChI is InChI=1S/C23H24N6O/c1-16-2-4-17(5-3-16)14-21-27-28-22-15-18(7-11-29(21)22)20-6-10-24-23(26-20)25-19-8-12-30-13-9-19/h2-7,10-11,15,19H,8-9,12-14H2,1H3,(H,24,25,26). The number of benzene rings is 1. The van der Waals surface area contributed by atoms with Crippen molar-refractivity contribution in [1.29, 1.82) is 0 Å². The molecule has 0 saturated carbocycles. The third-order valence-corrected chi connectivity index (χ3v) is 5.47. The van der Waals surface area contributed by atoms with E-state index in [1.807, 2.05) is 22.7 Å². The molecular weight excluding hydrogens is 376 g/mol. The van der Waals surface area contributed by atoms with Crippen molar-refractivity contribution in [2.45, 2.75) is 32.2 Å². The number of aryl methyl sites for hydroxylation is 1. The van der Waals surface area contributed by atoms with Crippen LogP contribution in [0.2, 0.25) is 0 Å². The Balaban J connectivity index is 1.37. The SMILES string of the molecule is Cc1ccc(Cc2nnc3cc(-c4ccnc(NC5CCOCC5)n4)ccn23)cc1. The van der Waals surface area contributed by atoms with Crippen LogP contribution in [0.3, 0.4) is 0 Å². The summed E-state index contributed by atoms with van der Waals surface area (Å²) in [6.45, 7) is 3.66. The van der Waals surface area contributed by atoms with E-state index in [1.54, 1.807) is 6.20 Å². The molecule has 3 aromatic heterocycles. The van der Waals surface area contributed by atoms with Crippen LogP contribution in [-0.4, -0.2) is 43.8 Å². The lowest BCUT2D eigenvalue weighted by Crippen LogP contribution is -2.28. The van der Waals surface area contributed by atoms with E-state index in [0.29, 0.717) is 12.0 Å². The highest BCUT2D eigenvalue weighted by Crippen LogP contribution is 2.21. The second-order valence-corrected chi connectivity index (χ2v) is 7.72. The van der Waals surface area contributed by atoms with Gasteiger partial charge in [-0.1, -0.05) is 29.8 Å². The second-order valence-electron chi connectivity index (χ2n) is 7.72. The molecule has 7 nitrogen and oxygen atoms in total. The van der Waals surface area contributed by atoms with E-state index in [-0.39, 0.29) is 0 Å². The third-order valence-electron chi connectivity index (χ3n) is 5.47. The van der Waals surface area contributed by atoms with Crippen molar-refractivity contribution < 1.29 is 4.74 Å². The van der Waals surface area contributed by atoms with Crippen LogP contribution in [-0.2, 0) is 11.2 Å². The molecule has 0 spiro atoms. The van der Waals surface area contributed by atoms with Crippen LogP contribution in [0.15, 0.2) is 54.9 Å². The number of fused-ring (bicyclic) bond motifs is 1. The van der Waals surface area contributed by atoms with Gasteiger partial charge in [-0.2, -0.15) is 0 Å². The zero-order valence-corrected chi connectivity index (χ0v) is 17.0. The topological polar surface area (TPSA) is 77.2 Å². The largest absolute Gasteiger partial charge is 0.381 e. The number of anilines is 1. The number of ether oxygens (including phenoxy) is 1. The third kappa shape index (κ3) is 4.02. The smallest absolute Gasteiger partial charge is 0.223 e. The monoisotopic (exact) mass is 400 g/mol. The minimum atomic E-state index is 0.359. The summed E-state index contributed by atoms with van der Waals surface area (Å²) < 4.78 is 7.45. The van der Waals surface area contributed by atoms with Crippen LogP contribution < -0.4 is 5.32 Å². The average Bonchev–Trinajstić information content (AvgIpc) is 3.18. The lowest BCUT2D eigenvalue weighted by atomic mass is 10.1. The molecule has 4 heterocycles. The van der Waals surface area contributed by atoms with Crippen LogP contribution in [0.1, 0.15) is 29.8 Å². The predicted molar refractivity (Wildman–Crippen MR) is 115 cm³/mol. The minimum absolute atomic E-state index is 0.359. The number of nitrogens with one attached hydrogen (secondary N) is 1. The van der Waals surface area contributed by atoms with Crippen molar-refractivity contribution in [2.24, 2.45) is 0 Å². The van der Waals surface area contributed by atoms with Crippen molar-refractivity contribution in [2.75, 3.05) is 18.5 Å². The van der Waals surface area contributed by atoms with Crippen LogP contribution >= 0.6 is 0 Å². The molecule has 30 heavy (non-hydrogen) atoms. The van der Waals surface area contributed by atoms with Gasteiger partial charge >= 0.3 is 0 Å². The van der Waals surface area contributed by atoms with Crippen LogP contribution in [0.5, 0.6) is 0 Å². The summed E-state index contributed by atoms with van der Waals surface area (Å²) in [5, 5.41) is 12.2. The molecule has 1 aliphatic heterocycles. The molecule has 1 saturated heterocycles. The Morgan fingerprint density at radius 1 is 1.07 bits per heavy atom. The highest BCUT2D eigenvalue weighted by Gasteiger charge is 2.15. The first-order chi connectivity index (χ1) is 14.7. The van der Waals surface area contributed by atoms with Gasteiger partial charge < -0.3 is 10.1 Å². The van der Waals surface area contributed by atoms with Gasteiger partial charge in [-0.15, -0.1) is 10.2 Å². The van der Waals surface area contributed by atoms with Gasteiger partial charge in [0.25, 0.3) is 0 Å². The zero-order chi connectivity index (χ0) is 20.3. The summed E-state index contributed by atoms with van der Waals surface area (Å²) in [7, 11) is 0. The van der Waals surface area contributed by atoms with Gasteiger partial charge in [-0.25, -0.2) is 9.97 Å². The number of hydrogen-bond donors (Lipinski definition) is 1. The number of rotatable bonds is 5. The first kappa shape index (κ1) is 18.7. The Morgan fingerprint density at radius 2 is 1.90 bits per heavy atom. The molecule has 0 unspecified atom stereocenters. The molecule has 0 atom stereocenters. The molecule has 0 aliphatic carbocycles. The lowest BCUT2D eigenvalue weighted by molar-refractivity contribution is 0.0903. The highest BCUT2D eigenvalue weighted by molar-refractivity contribution is 5.64. The molecule has 7 heteroatoms. The van der Waals surface area contributed by atoms with Crippen molar-refractivity contribution >= 4 is 11.6 Å². The second kappa shape index (κ2) is 8.20. The zero-order valence-electron chi connectivity index (χ0n) is 17.0. The summed E-state index contributed by atoms with van der Waals surface area (Å²) in [6, 6.07) is 14.9. The van der Waals surface area contributed by atoms with Gasteiger partial charge in [-0.05, 0) is 43.5 Å². The maximum Gasteiger partial charge on any atom is 0.223 e. The van der Waals surface area contributed by atoms with Gasteiger partial charge in [-0.3, -0.25) is 4.40 Å². The van der Waals surface area contributed by atoms with Crippen LogP contribution in [0.25, 0.3) is 16.9 Å². The summed E-state index contributed by atoms with van der Waals surface area (Å²) >= 11 is 0. The van der Waals surface area contributed by atoms with E-state index in [1.165, 1.54) is 11.1 Å². The normalized spacial score (nSPS) is 14.8. The molecule has 0 amide bonds. The van der Waals surface area contributed by atoms with Gasteiger partial charge in [0.1, 0.15) is 5.82 Å². The Bertz CT molecular complexity index is 1150. The number of hydrogen-bond acceptors (Lipinski definition) is 6. The first-order valence-electron chi connectivity index (χ1n) is 10.3. The maximum atomic E-state index is 5.42. The highest BCUT2D eigenvalue weighted by atomic mass is 16.5. The molecular formula is C23H24N6O. The quantitative estimate of drug-likeness (QED) is 0.551. The molecule has 1 aromatic carbocycles. The molecule has 0 bridgehead atoms. The minimum Gasteiger partial charge on any atom is -0.381 e. The van der Waals surface area contributed by atoms with E-state index in [9.17, 15) is 0 Å².